The van der Waals surface area contributed by atoms with Crippen molar-refractivity contribution >= 4 is 11.9 Å². The van der Waals surface area contributed by atoms with Crippen LogP contribution in [0.5, 0.6) is 0 Å². The van der Waals surface area contributed by atoms with Crippen LogP contribution in [0.4, 0.5) is 0 Å². The van der Waals surface area contributed by atoms with E-state index in [9.17, 15) is 19.8 Å². The van der Waals surface area contributed by atoms with Gasteiger partial charge in [-0.2, -0.15) is 0 Å². The minimum atomic E-state index is -1.52. The van der Waals surface area contributed by atoms with Crippen LogP contribution in [-0.2, 0) is 28.5 Å². The predicted molar refractivity (Wildman–Crippen MR) is 82.9 cm³/mol. The Morgan fingerprint density at radius 3 is 2.72 bits per heavy atom. The van der Waals surface area contributed by atoms with Crippen LogP contribution in [0.1, 0.15) is 33.6 Å². The van der Waals surface area contributed by atoms with Crippen molar-refractivity contribution in [1.29, 1.82) is 0 Å². The fourth-order valence-electron chi connectivity index (χ4n) is 4.08. The van der Waals surface area contributed by atoms with Crippen LogP contribution in [0, 0.1) is 11.8 Å². The Morgan fingerprint density at radius 1 is 1.44 bits per heavy atom. The van der Waals surface area contributed by atoms with Gasteiger partial charge in [-0.1, -0.05) is 20.4 Å². The van der Waals surface area contributed by atoms with Crippen molar-refractivity contribution in [3.63, 3.8) is 0 Å². The highest BCUT2D eigenvalue weighted by Gasteiger charge is 2.76. The molecule has 3 heterocycles. The molecule has 3 saturated heterocycles. The van der Waals surface area contributed by atoms with Crippen molar-refractivity contribution in [2.24, 2.45) is 11.8 Å². The first-order valence-corrected chi connectivity index (χ1v) is 8.36. The molecule has 4 aliphatic rings. The standard InChI is InChI=1S/C17H24O8/c1-8(2)5-12(19)22-7-17-11(23-10(4)18)6-16(21)9(3)15(25-17)24-14(20)13(16)17/h8,11,13-15,20-21H,3,5-7H2,1-2,4H3. The number of aliphatic hydroxyl groups is 2. The Labute approximate surface area is 145 Å². The van der Waals surface area contributed by atoms with Crippen molar-refractivity contribution in [2.45, 2.75) is 63.5 Å². The van der Waals surface area contributed by atoms with E-state index >= 15 is 0 Å². The molecule has 0 radical (unpaired) electrons. The maximum Gasteiger partial charge on any atom is 0.306 e. The molecule has 140 valence electrons. The van der Waals surface area contributed by atoms with Gasteiger partial charge in [0.25, 0.3) is 0 Å². The number of esters is 2. The van der Waals surface area contributed by atoms with Gasteiger partial charge in [0.15, 0.2) is 18.2 Å². The van der Waals surface area contributed by atoms with E-state index in [4.69, 9.17) is 18.9 Å². The maximum atomic E-state index is 12.0. The molecular weight excluding hydrogens is 332 g/mol. The lowest BCUT2D eigenvalue weighted by atomic mass is 9.73. The van der Waals surface area contributed by atoms with Crippen molar-refractivity contribution in [3.8, 4) is 0 Å². The monoisotopic (exact) mass is 356 g/mol. The number of fused-ring (bicyclic) bond motifs is 1. The fraction of sp³-hybridized carbons (Fsp3) is 0.765. The predicted octanol–water partition coefficient (Wildman–Crippen LogP) is 0.258. The van der Waals surface area contributed by atoms with Gasteiger partial charge in [-0.15, -0.1) is 0 Å². The van der Waals surface area contributed by atoms with E-state index in [1.165, 1.54) is 6.92 Å². The Balaban J connectivity index is 1.90. The first kappa shape index (κ1) is 18.3. The summed E-state index contributed by atoms with van der Waals surface area (Å²) in [4.78, 5) is 23.5. The van der Waals surface area contributed by atoms with Crippen LogP contribution in [0.15, 0.2) is 12.2 Å². The largest absolute Gasteiger partial charge is 0.462 e. The topological polar surface area (TPSA) is 112 Å². The van der Waals surface area contributed by atoms with E-state index in [2.05, 4.69) is 6.58 Å². The van der Waals surface area contributed by atoms with E-state index in [1.54, 1.807) is 0 Å². The molecule has 0 aromatic carbocycles. The summed E-state index contributed by atoms with van der Waals surface area (Å²) in [6, 6.07) is 0. The quantitative estimate of drug-likeness (QED) is 0.533. The van der Waals surface area contributed by atoms with Crippen LogP contribution in [0.2, 0.25) is 0 Å². The van der Waals surface area contributed by atoms with Crippen molar-refractivity contribution in [2.75, 3.05) is 6.61 Å². The Hall–Kier alpha value is -1.48. The lowest BCUT2D eigenvalue weighted by molar-refractivity contribution is -0.390. The summed E-state index contributed by atoms with van der Waals surface area (Å²) in [7, 11) is 0. The average Bonchev–Trinajstić information content (AvgIpc) is 2.69. The van der Waals surface area contributed by atoms with Gasteiger partial charge in [0.2, 0.25) is 0 Å². The third kappa shape index (κ3) is 2.77. The summed E-state index contributed by atoms with van der Waals surface area (Å²) in [5.41, 5.74) is -2.64. The minimum Gasteiger partial charge on any atom is -0.462 e. The van der Waals surface area contributed by atoms with Crippen LogP contribution in [0.25, 0.3) is 0 Å². The average molecular weight is 356 g/mol. The summed E-state index contributed by atoms with van der Waals surface area (Å²) in [5, 5.41) is 21.4. The van der Waals surface area contributed by atoms with Gasteiger partial charge in [0.1, 0.15) is 18.3 Å². The number of carbonyl (C=O) groups excluding carboxylic acids is 2. The molecule has 8 heteroatoms. The minimum absolute atomic E-state index is 0.00523. The molecule has 6 unspecified atom stereocenters. The highest BCUT2D eigenvalue weighted by molar-refractivity contribution is 5.69. The van der Waals surface area contributed by atoms with E-state index in [1.807, 2.05) is 13.8 Å². The first-order chi connectivity index (χ1) is 11.6. The molecular formula is C17H24O8. The summed E-state index contributed by atoms with van der Waals surface area (Å²) in [6.45, 7) is 8.56. The van der Waals surface area contributed by atoms with Gasteiger partial charge in [0.05, 0.1) is 5.92 Å². The second-order valence-electron chi connectivity index (χ2n) is 7.42. The zero-order valence-electron chi connectivity index (χ0n) is 14.6. The zero-order valence-corrected chi connectivity index (χ0v) is 14.6. The molecule has 6 atom stereocenters. The number of hydrogen-bond donors (Lipinski definition) is 2. The smallest absolute Gasteiger partial charge is 0.306 e. The van der Waals surface area contributed by atoms with Crippen molar-refractivity contribution < 1.29 is 38.7 Å². The molecule has 2 N–H and O–H groups in total. The van der Waals surface area contributed by atoms with E-state index < -0.39 is 47.7 Å². The Bertz CT molecular complexity index is 601. The molecule has 0 aromatic heterocycles. The summed E-state index contributed by atoms with van der Waals surface area (Å²) in [6.07, 6.45) is -3.09. The van der Waals surface area contributed by atoms with Crippen LogP contribution >= 0.6 is 0 Å². The molecule has 1 aliphatic carbocycles. The lowest BCUT2D eigenvalue weighted by Gasteiger charge is -2.55. The fourth-order valence-corrected chi connectivity index (χ4v) is 4.08. The molecule has 4 rings (SSSR count). The highest BCUT2D eigenvalue weighted by atomic mass is 16.8. The van der Waals surface area contributed by atoms with Gasteiger partial charge < -0.3 is 29.2 Å². The van der Waals surface area contributed by atoms with Gasteiger partial charge >= 0.3 is 11.9 Å². The second kappa shape index (κ2) is 6.05. The summed E-state index contributed by atoms with van der Waals surface area (Å²) >= 11 is 0. The van der Waals surface area contributed by atoms with Gasteiger partial charge in [0, 0.05) is 25.3 Å². The number of ether oxygens (including phenoxy) is 4. The van der Waals surface area contributed by atoms with Crippen molar-refractivity contribution in [1.82, 2.24) is 0 Å². The molecule has 3 aliphatic heterocycles. The van der Waals surface area contributed by atoms with Crippen LogP contribution < -0.4 is 0 Å². The SMILES string of the molecule is C=C1C2OC(O)C3C1(O)CC(OC(C)=O)C3(COC(=O)CC(C)C)O2. The van der Waals surface area contributed by atoms with Gasteiger partial charge in [-0.25, -0.2) is 0 Å². The molecule has 8 nitrogen and oxygen atoms in total. The molecule has 0 aromatic rings. The maximum absolute atomic E-state index is 12.0. The van der Waals surface area contributed by atoms with Gasteiger partial charge in [-0.3, -0.25) is 9.59 Å². The number of hydrogen-bond acceptors (Lipinski definition) is 8. The number of rotatable bonds is 5. The molecule has 25 heavy (non-hydrogen) atoms. The van der Waals surface area contributed by atoms with Crippen molar-refractivity contribution in [3.05, 3.63) is 12.2 Å². The molecule has 4 bridgehead atoms. The highest BCUT2D eigenvalue weighted by Crippen LogP contribution is 2.60. The van der Waals surface area contributed by atoms with E-state index in [0.29, 0.717) is 0 Å². The Morgan fingerprint density at radius 2 is 2.12 bits per heavy atom. The van der Waals surface area contributed by atoms with E-state index in [0.717, 1.165) is 0 Å². The van der Waals surface area contributed by atoms with Gasteiger partial charge in [-0.05, 0) is 5.92 Å². The normalized spacial score (nSPS) is 41.9. The lowest BCUT2D eigenvalue weighted by Crippen LogP contribution is -2.69. The molecule has 1 saturated carbocycles. The van der Waals surface area contributed by atoms with Crippen LogP contribution in [0.3, 0.4) is 0 Å². The summed E-state index contributed by atoms with van der Waals surface area (Å²) < 4.78 is 21.8. The first-order valence-electron chi connectivity index (χ1n) is 8.36. The Kier molecular flexibility index (Phi) is 4.43. The van der Waals surface area contributed by atoms with Crippen LogP contribution in [-0.4, -0.2) is 58.6 Å². The van der Waals surface area contributed by atoms with E-state index in [-0.39, 0.29) is 30.9 Å². The zero-order chi connectivity index (χ0) is 18.6. The molecule has 0 amide bonds. The third-order valence-electron chi connectivity index (χ3n) is 5.14. The summed E-state index contributed by atoms with van der Waals surface area (Å²) in [5.74, 6) is -1.85. The number of carbonyl (C=O) groups is 2. The second-order valence-corrected chi connectivity index (χ2v) is 7.42. The number of aliphatic hydroxyl groups excluding tert-OH is 1. The molecule has 4 fully saturated rings. The molecule has 0 spiro atoms. The third-order valence-corrected chi connectivity index (χ3v) is 5.14.